The van der Waals surface area contributed by atoms with E-state index in [1.807, 2.05) is 0 Å². The maximum absolute atomic E-state index is 11.9. The van der Waals surface area contributed by atoms with E-state index in [0.717, 1.165) is 0 Å². The third kappa shape index (κ3) is 5.48. The van der Waals surface area contributed by atoms with Crippen molar-refractivity contribution in [3.8, 4) is 5.75 Å². The van der Waals surface area contributed by atoms with Crippen molar-refractivity contribution in [2.45, 2.75) is 13.0 Å². The van der Waals surface area contributed by atoms with E-state index in [2.05, 4.69) is 14.8 Å². The van der Waals surface area contributed by atoms with Crippen LogP contribution in [0, 0.1) is 0 Å². The van der Waals surface area contributed by atoms with E-state index >= 15 is 0 Å². The number of halogens is 3. The fraction of sp³-hybridized carbons (Fsp3) is 0.300. The molecule has 1 rings (SSSR count). The molecule has 10 heteroatoms. The lowest BCUT2D eigenvalue weighted by Gasteiger charge is -2.15. The second-order valence-corrected chi connectivity index (χ2v) is 6.83. The zero-order valence-corrected chi connectivity index (χ0v) is 13.6. The molecule has 0 aliphatic heterocycles. The van der Waals surface area contributed by atoms with E-state index in [0.29, 0.717) is 5.02 Å². The Morgan fingerprint density at radius 1 is 1.35 bits per heavy atom. The van der Waals surface area contributed by atoms with Gasteiger partial charge in [-0.2, -0.15) is 5.48 Å². The van der Waals surface area contributed by atoms with Gasteiger partial charge in [0.25, 0.3) is 0 Å². The van der Waals surface area contributed by atoms with Gasteiger partial charge in [0.15, 0.2) is 0 Å². The first-order valence-electron chi connectivity index (χ1n) is 5.21. The van der Waals surface area contributed by atoms with E-state index in [-0.39, 0.29) is 10.8 Å². The van der Waals surface area contributed by atoms with Gasteiger partial charge in [0.05, 0.1) is 17.2 Å². The van der Waals surface area contributed by atoms with Gasteiger partial charge in [-0.1, -0.05) is 23.2 Å². The molecule has 0 aliphatic rings. The molecule has 0 amide bonds. The first-order chi connectivity index (χ1) is 9.25. The Labute approximate surface area is 130 Å². The fourth-order valence-electron chi connectivity index (χ4n) is 1.09. The second kappa shape index (κ2) is 7.50. The number of hydroxylamine groups is 1. The Bertz CT molecular complexity index is 542. The predicted molar refractivity (Wildman–Crippen MR) is 76.2 cm³/mol. The molecule has 0 aromatic heterocycles. The highest BCUT2D eigenvalue weighted by molar-refractivity contribution is 7.82. The van der Waals surface area contributed by atoms with Gasteiger partial charge < -0.3 is 13.9 Å². The molecule has 1 unspecified atom stereocenters. The molecule has 1 aromatic rings. The van der Waals surface area contributed by atoms with Crippen LogP contribution in [0.5, 0.6) is 5.75 Å². The molecule has 0 saturated carbocycles. The Kier molecular flexibility index (Phi) is 6.58. The van der Waals surface area contributed by atoms with E-state index in [1.165, 1.54) is 32.2 Å². The normalized spacial score (nSPS) is 15.2. The van der Waals surface area contributed by atoms with Crippen molar-refractivity contribution >= 4 is 47.4 Å². The highest BCUT2D eigenvalue weighted by Crippen LogP contribution is 2.54. The van der Waals surface area contributed by atoms with Crippen LogP contribution >= 0.6 is 41.4 Å². The zero-order chi connectivity index (χ0) is 15.3. The van der Waals surface area contributed by atoms with Crippen molar-refractivity contribution in [2.24, 2.45) is 0 Å². The van der Waals surface area contributed by atoms with Crippen LogP contribution in [0.25, 0.3) is 0 Å². The van der Waals surface area contributed by atoms with Crippen LogP contribution in [0.1, 0.15) is 6.92 Å². The summed E-state index contributed by atoms with van der Waals surface area (Å²) in [7, 11) is 1.32. The number of hydrogen-bond donors (Lipinski definition) is 1. The lowest BCUT2D eigenvalue weighted by molar-refractivity contribution is -0.139. The fourth-order valence-corrected chi connectivity index (χ4v) is 2.60. The summed E-state index contributed by atoms with van der Waals surface area (Å²) in [4.78, 5) is 16.0. The number of rotatable bonds is 6. The number of hydrogen-bond acceptors (Lipinski definition) is 6. The smallest absolute Gasteiger partial charge is 0.405 e. The van der Waals surface area contributed by atoms with E-state index in [1.54, 1.807) is 0 Å². The van der Waals surface area contributed by atoms with Crippen LogP contribution in [-0.2, 0) is 18.7 Å². The number of benzene rings is 1. The standard InChI is InChI=1S/C10H11Cl3NO5P/c1-6(14-17-2)10(15)19-20(13,16)18-7-3-4-8(11)9(12)5-7/h3-6,14H,1-2H3/t6-,20?/m0/s1. The van der Waals surface area contributed by atoms with Crippen molar-refractivity contribution in [1.82, 2.24) is 5.48 Å². The summed E-state index contributed by atoms with van der Waals surface area (Å²) in [6.07, 6.45) is 0. The van der Waals surface area contributed by atoms with Gasteiger partial charge in [-0.25, -0.2) is 9.36 Å². The molecule has 6 nitrogen and oxygen atoms in total. The Morgan fingerprint density at radius 2 is 2.00 bits per heavy atom. The van der Waals surface area contributed by atoms with Crippen LogP contribution in [0.2, 0.25) is 10.0 Å². The maximum Gasteiger partial charge on any atom is 0.532 e. The first kappa shape index (κ1) is 17.6. The molecule has 0 bridgehead atoms. The molecule has 112 valence electrons. The molecular formula is C10H11Cl3NO5P. The van der Waals surface area contributed by atoms with Crippen molar-refractivity contribution in [3.63, 3.8) is 0 Å². The lowest BCUT2D eigenvalue weighted by Crippen LogP contribution is -2.33. The molecule has 0 spiro atoms. The highest BCUT2D eigenvalue weighted by atomic mass is 35.7. The number of carbonyl (C=O) groups is 1. The Morgan fingerprint density at radius 3 is 2.55 bits per heavy atom. The largest absolute Gasteiger partial charge is 0.532 e. The van der Waals surface area contributed by atoms with Gasteiger partial charge in [0.1, 0.15) is 11.8 Å². The summed E-state index contributed by atoms with van der Waals surface area (Å²) in [5.41, 5.74) is 2.30. The van der Waals surface area contributed by atoms with Crippen molar-refractivity contribution in [3.05, 3.63) is 28.2 Å². The summed E-state index contributed by atoms with van der Waals surface area (Å²) < 4.78 is 21.3. The minimum atomic E-state index is -4.16. The van der Waals surface area contributed by atoms with Crippen LogP contribution in [0.3, 0.4) is 0 Å². The molecule has 0 radical (unpaired) electrons. The topological polar surface area (TPSA) is 73.9 Å². The monoisotopic (exact) mass is 361 g/mol. The third-order valence-corrected chi connectivity index (χ3v) is 3.93. The minimum absolute atomic E-state index is 0.0536. The lowest BCUT2D eigenvalue weighted by atomic mass is 10.3. The van der Waals surface area contributed by atoms with Crippen LogP contribution < -0.4 is 10.0 Å². The summed E-state index contributed by atoms with van der Waals surface area (Å²) in [6, 6.07) is 3.23. The van der Waals surface area contributed by atoms with Gasteiger partial charge in [-0.15, -0.1) is 0 Å². The molecule has 0 saturated heterocycles. The predicted octanol–water partition coefficient (Wildman–Crippen LogP) is 3.80. The Balaban J connectivity index is 2.72. The van der Waals surface area contributed by atoms with Gasteiger partial charge in [-0.3, -0.25) is 0 Å². The average molecular weight is 363 g/mol. The summed E-state index contributed by atoms with van der Waals surface area (Å²) in [5, 5.41) is 0.472. The van der Waals surface area contributed by atoms with E-state index in [4.69, 9.17) is 39.0 Å². The molecule has 20 heavy (non-hydrogen) atoms. The maximum atomic E-state index is 11.9. The van der Waals surface area contributed by atoms with E-state index < -0.39 is 19.0 Å². The molecule has 2 atom stereocenters. The first-order valence-corrected chi connectivity index (χ1v) is 8.42. The van der Waals surface area contributed by atoms with Crippen LogP contribution in [0.4, 0.5) is 0 Å². The van der Waals surface area contributed by atoms with Crippen molar-refractivity contribution in [1.29, 1.82) is 0 Å². The molecule has 0 fully saturated rings. The summed E-state index contributed by atoms with van der Waals surface area (Å²) >= 11 is 17.0. The number of nitrogens with one attached hydrogen (secondary N) is 1. The van der Waals surface area contributed by atoms with Crippen LogP contribution in [-0.4, -0.2) is 19.1 Å². The van der Waals surface area contributed by atoms with Gasteiger partial charge in [0, 0.05) is 17.3 Å². The SMILES string of the molecule is CON[C@@H](C)C(=O)OP(=O)(Cl)Oc1ccc(Cl)c(Cl)c1. The molecule has 0 aliphatic carbocycles. The van der Waals surface area contributed by atoms with Gasteiger partial charge in [-0.05, 0) is 19.1 Å². The average Bonchev–Trinajstić information content (AvgIpc) is 2.33. The Hall–Kier alpha value is -0.490. The molecule has 1 aromatic carbocycles. The minimum Gasteiger partial charge on any atom is -0.405 e. The van der Waals surface area contributed by atoms with Crippen molar-refractivity contribution in [2.75, 3.05) is 7.11 Å². The summed E-state index contributed by atoms with van der Waals surface area (Å²) in [5.74, 6) is -0.844. The second-order valence-electron chi connectivity index (χ2n) is 3.55. The number of carbonyl (C=O) groups excluding carboxylic acids is 1. The highest BCUT2D eigenvalue weighted by Gasteiger charge is 2.30. The summed E-state index contributed by atoms with van der Waals surface area (Å²) in [6.45, 7) is -2.73. The zero-order valence-electron chi connectivity index (χ0n) is 10.4. The quantitative estimate of drug-likeness (QED) is 0.613. The molecular weight excluding hydrogens is 351 g/mol. The molecule has 0 heterocycles. The van der Waals surface area contributed by atoms with Gasteiger partial charge >= 0.3 is 12.9 Å². The van der Waals surface area contributed by atoms with Crippen molar-refractivity contribution < 1.29 is 23.2 Å². The van der Waals surface area contributed by atoms with E-state index in [9.17, 15) is 9.36 Å². The van der Waals surface area contributed by atoms with Gasteiger partial charge in [0.2, 0.25) is 0 Å². The van der Waals surface area contributed by atoms with Crippen LogP contribution in [0.15, 0.2) is 18.2 Å². The third-order valence-electron chi connectivity index (χ3n) is 1.95. The molecule has 1 N–H and O–H groups in total.